The molecule has 20 heavy (non-hydrogen) atoms. The molecule has 1 aromatic rings. The zero-order valence-corrected chi connectivity index (χ0v) is 12.7. The Balaban J connectivity index is 2.72. The summed E-state index contributed by atoms with van der Waals surface area (Å²) in [6.07, 6.45) is 0.353. The maximum atomic E-state index is 11.5. The number of benzene rings is 1. The van der Waals surface area contributed by atoms with Crippen molar-refractivity contribution in [2.24, 2.45) is 0 Å². The molecule has 0 radical (unpaired) electrons. The second-order valence-electron chi connectivity index (χ2n) is 4.62. The van der Waals surface area contributed by atoms with Crippen LogP contribution in [-0.2, 0) is 11.3 Å². The van der Waals surface area contributed by atoms with Gasteiger partial charge in [0.2, 0.25) is 5.91 Å². The molecule has 0 spiro atoms. The largest absolute Gasteiger partial charge is 0.493 e. The third kappa shape index (κ3) is 4.74. The molecule has 5 nitrogen and oxygen atoms in total. The number of rotatable bonds is 8. The van der Waals surface area contributed by atoms with Crippen LogP contribution in [-0.4, -0.2) is 45.2 Å². The molecule has 0 fully saturated rings. The predicted octanol–water partition coefficient (Wildman–Crippen LogP) is 1.66. The van der Waals surface area contributed by atoms with Crippen molar-refractivity contribution in [2.75, 3.05) is 34.4 Å². The zero-order valence-electron chi connectivity index (χ0n) is 12.7. The van der Waals surface area contributed by atoms with Gasteiger partial charge in [0.15, 0.2) is 11.5 Å². The maximum Gasteiger partial charge on any atom is 0.225 e. The van der Waals surface area contributed by atoms with Gasteiger partial charge in [-0.1, -0.05) is 19.1 Å². The lowest BCUT2D eigenvalue weighted by Crippen LogP contribution is -2.23. The SMILES string of the molecule is CCNCc1cccc(OC)c1OCCC(=O)N(C)C. The molecule has 1 N–H and O–H groups in total. The molecule has 1 rings (SSSR count). The van der Waals surface area contributed by atoms with Crippen LogP contribution in [0, 0.1) is 0 Å². The summed E-state index contributed by atoms with van der Waals surface area (Å²) in [6.45, 7) is 3.99. The van der Waals surface area contributed by atoms with Crippen LogP contribution in [0.2, 0.25) is 0 Å². The average molecular weight is 280 g/mol. The first-order valence-corrected chi connectivity index (χ1v) is 6.79. The topological polar surface area (TPSA) is 50.8 Å². The number of methoxy groups -OCH3 is 1. The number of nitrogens with zero attached hydrogens (tertiary/aromatic N) is 1. The number of nitrogens with one attached hydrogen (secondary N) is 1. The Morgan fingerprint density at radius 3 is 2.70 bits per heavy atom. The summed E-state index contributed by atoms with van der Waals surface area (Å²) < 4.78 is 11.1. The quantitative estimate of drug-likeness (QED) is 0.787. The van der Waals surface area contributed by atoms with E-state index in [-0.39, 0.29) is 5.91 Å². The Labute approximate surface area is 120 Å². The smallest absolute Gasteiger partial charge is 0.225 e. The van der Waals surface area contributed by atoms with Crippen LogP contribution in [0.1, 0.15) is 18.9 Å². The van der Waals surface area contributed by atoms with Crippen LogP contribution < -0.4 is 14.8 Å². The van der Waals surface area contributed by atoms with Crippen molar-refractivity contribution in [1.82, 2.24) is 10.2 Å². The number of amides is 1. The molecule has 112 valence electrons. The van der Waals surface area contributed by atoms with Gasteiger partial charge >= 0.3 is 0 Å². The molecule has 1 aromatic carbocycles. The van der Waals surface area contributed by atoms with Gasteiger partial charge in [0.05, 0.1) is 20.1 Å². The van der Waals surface area contributed by atoms with E-state index in [1.54, 1.807) is 26.1 Å². The monoisotopic (exact) mass is 280 g/mol. The lowest BCUT2D eigenvalue weighted by Gasteiger charge is -2.16. The highest BCUT2D eigenvalue weighted by atomic mass is 16.5. The lowest BCUT2D eigenvalue weighted by molar-refractivity contribution is -0.129. The number of carbonyl (C=O) groups is 1. The van der Waals surface area contributed by atoms with Crippen LogP contribution in [0.3, 0.4) is 0 Å². The third-order valence-corrected chi connectivity index (χ3v) is 2.91. The van der Waals surface area contributed by atoms with E-state index in [9.17, 15) is 4.79 Å². The molecule has 0 aliphatic carbocycles. The zero-order chi connectivity index (χ0) is 15.0. The minimum atomic E-state index is 0.0492. The second kappa shape index (κ2) is 8.43. The molecule has 0 bridgehead atoms. The number of hydrogen-bond acceptors (Lipinski definition) is 4. The second-order valence-corrected chi connectivity index (χ2v) is 4.62. The molecule has 0 saturated heterocycles. The van der Waals surface area contributed by atoms with Crippen molar-refractivity contribution >= 4 is 5.91 Å². The number of ether oxygens (including phenoxy) is 2. The fourth-order valence-electron chi connectivity index (χ4n) is 1.75. The van der Waals surface area contributed by atoms with Gasteiger partial charge in [-0.15, -0.1) is 0 Å². The van der Waals surface area contributed by atoms with Gasteiger partial charge in [0, 0.05) is 26.2 Å². The van der Waals surface area contributed by atoms with Crippen LogP contribution >= 0.6 is 0 Å². The highest BCUT2D eigenvalue weighted by Gasteiger charge is 2.11. The minimum absolute atomic E-state index is 0.0492. The highest BCUT2D eigenvalue weighted by Crippen LogP contribution is 2.31. The molecule has 0 heterocycles. The summed E-state index contributed by atoms with van der Waals surface area (Å²) >= 11 is 0. The van der Waals surface area contributed by atoms with Crippen LogP contribution in [0.4, 0.5) is 0 Å². The normalized spacial score (nSPS) is 10.2. The number of carbonyl (C=O) groups excluding carboxylic acids is 1. The summed E-state index contributed by atoms with van der Waals surface area (Å²) in [5.41, 5.74) is 1.03. The molecule has 0 aliphatic heterocycles. The Kier molecular flexibility index (Phi) is 6.87. The van der Waals surface area contributed by atoms with E-state index in [0.29, 0.717) is 31.1 Å². The molecule has 0 aromatic heterocycles. The van der Waals surface area contributed by atoms with Gasteiger partial charge in [-0.25, -0.2) is 0 Å². The van der Waals surface area contributed by atoms with E-state index in [2.05, 4.69) is 12.2 Å². The Morgan fingerprint density at radius 1 is 1.35 bits per heavy atom. The van der Waals surface area contributed by atoms with Crippen molar-refractivity contribution < 1.29 is 14.3 Å². The van der Waals surface area contributed by atoms with E-state index < -0.39 is 0 Å². The van der Waals surface area contributed by atoms with Crippen molar-refractivity contribution in [2.45, 2.75) is 19.9 Å². The highest BCUT2D eigenvalue weighted by molar-refractivity contribution is 5.75. The summed E-state index contributed by atoms with van der Waals surface area (Å²) in [4.78, 5) is 13.1. The summed E-state index contributed by atoms with van der Waals surface area (Å²) in [5, 5.41) is 3.26. The van der Waals surface area contributed by atoms with Crippen molar-refractivity contribution in [3.8, 4) is 11.5 Å². The predicted molar refractivity (Wildman–Crippen MR) is 79.2 cm³/mol. The molecular formula is C15H24N2O3. The fourth-order valence-corrected chi connectivity index (χ4v) is 1.75. The lowest BCUT2D eigenvalue weighted by atomic mass is 10.2. The van der Waals surface area contributed by atoms with Crippen LogP contribution in [0.15, 0.2) is 18.2 Å². The average Bonchev–Trinajstić information content (AvgIpc) is 2.45. The molecule has 0 aliphatic rings. The van der Waals surface area contributed by atoms with Crippen LogP contribution in [0.5, 0.6) is 11.5 Å². The minimum Gasteiger partial charge on any atom is -0.493 e. The van der Waals surface area contributed by atoms with E-state index in [1.165, 1.54) is 0 Å². The first-order valence-electron chi connectivity index (χ1n) is 6.79. The molecule has 1 amide bonds. The van der Waals surface area contributed by atoms with Crippen molar-refractivity contribution in [3.05, 3.63) is 23.8 Å². The molecule has 5 heteroatoms. The standard InChI is InChI=1S/C15H24N2O3/c1-5-16-11-12-7-6-8-13(19-4)15(12)20-10-9-14(18)17(2)3/h6-8,16H,5,9-11H2,1-4H3. The van der Waals surface area contributed by atoms with Gasteiger partial charge < -0.3 is 19.7 Å². The van der Waals surface area contributed by atoms with E-state index in [0.717, 1.165) is 12.1 Å². The van der Waals surface area contributed by atoms with Gasteiger partial charge in [-0.2, -0.15) is 0 Å². The van der Waals surface area contributed by atoms with Gasteiger partial charge in [-0.05, 0) is 12.6 Å². The fraction of sp³-hybridized carbons (Fsp3) is 0.533. The van der Waals surface area contributed by atoms with Gasteiger partial charge in [-0.3, -0.25) is 4.79 Å². The van der Waals surface area contributed by atoms with Gasteiger partial charge in [0.1, 0.15) is 0 Å². The maximum absolute atomic E-state index is 11.5. The Morgan fingerprint density at radius 2 is 2.10 bits per heavy atom. The summed E-state index contributed by atoms with van der Waals surface area (Å²) in [7, 11) is 5.09. The third-order valence-electron chi connectivity index (χ3n) is 2.91. The van der Waals surface area contributed by atoms with E-state index in [1.807, 2.05) is 18.2 Å². The molecule has 0 unspecified atom stereocenters. The van der Waals surface area contributed by atoms with Crippen LogP contribution in [0.25, 0.3) is 0 Å². The number of hydrogen-bond donors (Lipinski definition) is 1. The summed E-state index contributed by atoms with van der Waals surface area (Å²) in [5.74, 6) is 1.45. The molecule has 0 atom stereocenters. The summed E-state index contributed by atoms with van der Waals surface area (Å²) in [6, 6.07) is 5.79. The first-order chi connectivity index (χ1) is 9.60. The van der Waals surface area contributed by atoms with E-state index >= 15 is 0 Å². The van der Waals surface area contributed by atoms with Crippen molar-refractivity contribution in [3.63, 3.8) is 0 Å². The Hall–Kier alpha value is -1.75. The van der Waals surface area contributed by atoms with Crippen molar-refractivity contribution in [1.29, 1.82) is 0 Å². The molecule has 0 saturated carbocycles. The van der Waals surface area contributed by atoms with E-state index in [4.69, 9.17) is 9.47 Å². The molecular weight excluding hydrogens is 256 g/mol. The number of para-hydroxylation sites is 1. The first kappa shape index (κ1) is 16.3. The Bertz CT molecular complexity index is 433. The van der Waals surface area contributed by atoms with Gasteiger partial charge in [0.25, 0.3) is 0 Å².